The van der Waals surface area contributed by atoms with Crippen LogP contribution in [0, 0.1) is 6.92 Å². The molecule has 0 saturated heterocycles. The lowest BCUT2D eigenvalue weighted by Crippen LogP contribution is -2.25. The molecule has 0 atom stereocenters. The Balaban J connectivity index is 1.54. The summed E-state index contributed by atoms with van der Waals surface area (Å²) in [6.07, 6.45) is 1.78. The van der Waals surface area contributed by atoms with Crippen molar-refractivity contribution in [1.82, 2.24) is 29.6 Å². The molecule has 4 heterocycles. The van der Waals surface area contributed by atoms with E-state index in [4.69, 9.17) is 4.74 Å². The highest BCUT2D eigenvalue weighted by atomic mass is 19.4. The van der Waals surface area contributed by atoms with Gasteiger partial charge in [-0.05, 0) is 24.6 Å². The number of halogens is 3. The molecule has 9 nitrogen and oxygen atoms in total. The summed E-state index contributed by atoms with van der Waals surface area (Å²) < 4.78 is 45.0. The molecule has 1 amide bonds. The quantitative estimate of drug-likeness (QED) is 0.529. The van der Waals surface area contributed by atoms with Crippen LogP contribution in [0.3, 0.4) is 0 Å². The van der Waals surface area contributed by atoms with E-state index in [0.717, 1.165) is 4.68 Å². The van der Waals surface area contributed by atoms with E-state index in [1.165, 1.54) is 30.9 Å². The van der Waals surface area contributed by atoms with Gasteiger partial charge in [0, 0.05) is 36.4 Å². The molecule has 0 spiro atoms. The molecule has 1 N–H and O–H groups in total. The zero-order valence-corrected chi connectivity index (χ0v) is 16.0. The van der Waals surface area contributed by atoms with Crippen molar-refractivity contribution in [3.63, 3.8) is 0 Å². The Hall–Kier alpha value is -4.09. The molecule has 12 heteroatoms. The Bertz CT molecular complexity index is 1240. The van der Waals surface area contributed by atoms with Crippen LogP contribution in [0.1, 0.15) is 11.3 Å². The van der Waals surface area contributed by atoms with Crippen LogP contribution in [0.15, 0.2) is 49.3 Å². The number of hydrogen-bond acceptors (Lipinski definition) is 7. The number of ether oxygens (including phenoxy) is 1. The van der Waals surface area contributed by atoms with E-state index in [2.05, 4.69) is 30.3 Å². The number of rotatable bonds is 4. The number of alkyl halides is 3. The molecule has 0 aromatic carbocycles. The van der Waals surface area contributed by atoms with E-state index in [0.29, 0.717) is 17.0 Å². The molecular formula is C19H14F3N7O2. The minimum absolute atomic E-state index is 0.0253. The van der Waals surface area contributed by atoms with Gasteiger partial charge >= 0.3 is 12.3 Å². The number of hydrogen-bond donors (Lipinski definition) is 1. The molecule has 0 saturated carbocycles. The van der Waals surface area contributed by atoms with Crippen molar-refractivity contribution < 1.29 is 22.7 Å². The second-order valence-corrected chi connectivity index (χ2v) is 6.43. The first-order valence-electron chi connectivity index (χ1n) is 8.91. The van der Waals surface area contributed by atoms with E-state index in [1.807, 2.05) is 0 Å². The van der Waals surface area contributed by atoms with Crippen molar-refractivity contribution >= 4 is 17.0 Å². The molecule has 0 aliphatic heterocycles. The minimum Gasteiger partial charge on any atom is -0.406 e. The highest BCUT2D eigenvalue weighted by molar-refractivity contribution is 5.87. The monoisotopic (exact) mass is 429 g/mol. The fraction of sp³-hybridized carbons (Fsp3) is 0.158. The summed E-state index contributed by atoms with van der Waals surface area (Å²) in [5, 5.41) is 0.270. The van der Waals surface area contributed by atoms with Gasteiger partial charge in [-0.25, -0.2) is 30.2 Å². The first-order valence-corrected chi connectivity index (χ1v) is 8.91. The Morgan fingerprint density at radius 2 is 1.90 bits per heavy atom. The lowest BCUT2D eigenvalue weighted by atomic mass is 10.1. The summed E-state index contributed by atoms with van der Waals surface area (Å²) in [5.74, 6) is 0.642. The van der Waals surface area contributed by atoms with E-state index in [9.17, 15) is 18.0 Å². The van der Waals surface area contributed by atoms with E-state index in [1.54, 1.807) is 25.4 Å². The highest BCUT2D eigenvalue weighted by Crippen LogP contribution is 2.27. The van der Waals surface area contributed by atoms with Gasteiger partial charge in [0.2, 0.25) is 0 Å². The smallest absolute Gasteiger partial charge is 0.406 e. The van der Waals surface area contributed by atoms with Crippen LogP contribution in [0.4, 0.5) is 18.0 Å². The maximum atomic E-state index is 12.9. The zero-order valence-electron chi connectivity index (χ0n) is 16.0. The number of carbonyl (C=O) groups excluding carboxylic acids is 1. The predicted octanol–water partition coefficient (Wildman–Crippen LogP) is 3.44. The number of aryl methyl sites for hydroxylation is 1. The second kappa shape index (κ2) is 7.97. The van der Waals surface area contributed by atoms with Gasteiger partial charge in [-0.15, -0.1) is 0 Å². The number of nitrogens with zero attached hydrogens (tertiary/aromatic N) is 6. The van der Waals surface area contributed by atoms with Gasteiger partial charge in [-0.2, -0.15) is 13.2 Å². The summed E-state index contributed by atoms with van der Waals surface area (Å²) in [5.41, 5.74) is 3.06. The average Bonchev–Trinajstić information content (AvgIpc) is 3.06. The van der Waals surface area contributed by atoms with Crippen LogP contribution in [-0.2, 0) is 6.42 Å². The maximum Gasteiger partial charge on any atom is 0.432 e. The molecule has 4 rings (SSSR count). The number of carbonyl (C=O) groups is 1. The summed E-state index contributed by atoms with van der Waals surface area (Å²) in [4.78, 5) is 32.6. The van der Waals surface area contributed by atoms with Crippen LogP contribution < -0.4 is 10.2 Å². The zero-order chi connectivity index (χ0) is 22.0. The van der Waals surface area contributed by atoms with Gasteiger partial charge in [0.05, 0.1) is 23.8 Å². The molecule has 0 unspecified atom stereocenters. The van der Waals surface area contributed by atoms with Crippen molar-refractivity contribution in [2.24, 2.45) is 0 Å². The third kappa shape index (κ3) is 4.57. The van der Waals surface area contributed by atoms with E-state index >= 15 is 0 Å². The third-order valence-corrected chi connectivity index (χ3v) is 4.19. The fourth-order valence-corrected chi connectivity index (χ4v) is 2.89. The van der Waals surface area contributed by atoms with Crippen molar-refractivity contribution in [2.45, 2.75) is 19.5 Å². The van der Waals surface area contributed by atoms with Crippen LogP contribution >= 0.6 is 0 Å². The number of aromatic nitrogens is 6. The largest absolute Gasteiger partial charge is 0.432 e. The molecule has 4 aromatic heterocycles. The number of pyridine rings is 1. The van der Waals surface area contributed by atoms with Crippen molar-refractivity contribution in [3.05, 3.63) is 60.6 Å². The van der Waals surface area contributed by atoms with E-state index < -0.39 is 18.7 Å². The van der Waals surface area contributed by atoms with Crippen LogP contribution in [-0.4, -0.2) is 41.9 Å². The molecule has 4 aromatic rings. The summed E-state index contributed by atoms with van der Waals surface area (Å²) in [6.45, 7) is 1.61. The Labute approximate surface area is 172 Å². The minimum atomic E-state index is -4.41. The fourth-order valence-electron chi connectivity index (χ4n) is 2.89. The van der Waals surface area contributed by atoms with Gasteiger partial charge in [0.15, 0.2) is 17.4 Å². The summed E-state index contributed by atoms with van der Waals surface area (Å²) in [7, 11) is 0. The number of nitrogens with one attached hydrogen (secondary N) is 1. The van der Waals surface area contributed by atoms with Crippen molar-refractivity contribution in [1.29, 1.82) is 0 Å². The average molecular weight is 429 g/mol. The Morgan fingerprint density at radius 1 is 1.13 bits per heavy atom. The van der Waals surface area contributed by atoms with Crippen LogP contribution in [0.25, 0.3) is 22.6 Å². The predicted molar refractivity (Wildman–Crippen MR) is 103 cm³/mol. The Morgan fingerprint density at radius 3 is 2.61 bits per heavy atom. The molecule has 158 valence electrons. The molecule has 0 radical (unpaired) electrons. The molecule has 0 fully saturated rings. The Kier molecular flexibility index (Phi) is 5.19. The van der Waals surface area contributed by atoms with Gasteiger partial charge in [0.1, 0.15) is 0 Å². The third-order valence-electron chi connectivity index (χ3n) is 4.19. The summed E-state index contributed by atoms with van der Waals surface area (Å²) >= 11 is 0. The molecular weight excluding hydrogens is 415 g/mol. The first kappa shape index (κ1) is 20.2. The SMILES string of the molecule is Cc1nc(-c2ncccn2)ncc1OC(=O)Nn1cc(CC(F)(F)F)c2cnccc21. The topological polar surface area (TPSA) is 108 Å². The molecule has 0 aliphatic rings. The second-order valence-electron chi connectivity index (χ2n) is 6.43. The maximum absolute atomic E-state index is 12.9. The van der Waals surface area contributed by atoms with Crippen LogP contribution in [0.2, 0.25) is 0 Å². The van der Waals surface area contributed by atoms with Crippen LogP contribution in [0.5, 0.6) is 5.75 Å². The van der Waals surface area contributed by atoms with Crippen molar-refractivity contribution in [2.75, 3.05) is 5.43 Å². The molecule has 31 heavy (non-hydrogen) atoms. The molecule has 0 bridgehead atoms. The summed E-state index contributed by atoms with van der Waals surface area (Å²) in [6, 6.07) is 3.14. The van der Waals surface area contributed by atoms with E-state index in [-0.39, 0.29) is 22.5 Å². The lowest BCUT2D eigenvalue weighted by Gasteiger charge is -2.10. The van der Waals surface area contributed by atoms with Gasteiger partial charge < -0.3 is 4.74 Å². The van der Waals surface area contributed by atoms with Gasteiger partial charge in [-0.3, -0.25) is 9.66 Å². The lowest BCUT2D eigenvalue weighted by molar-refractivity contribution is -0.127. The highest BCUT2D eigenvalue weighted by Gasteiger charge is 2.29. The number of amides is 1. The standard InChI is InChI=1S/C19H14F3N7O2/c1-11-15(9-26-17(27-11)16-24-4-2-5-25-16)31-18(30)28-29-10-12(7-19(20,21)22)13-8-23-6-3-14(13)29/h2-6,8-10H,7H2,1H3,(H,28,30). The van der Waals surface area contributed by atoms with Crippen molar-refractivity contribution in [3.8, 4) is 17.4 Å². The van der Waals surface area contributed by atoms with Gasteiger partial charge in [0.25, 0.3) is 0 Å². The molecule has 0 aliphatic carbocycles. The number of fused-ring (bicyclic) bond motifs is 1. The van der Waals surface area contributed by atoms with Gasteiger partial charge in [-0.1, -0.05) is 0 Å². The first-order chi connectivity index (χ1) is 14.8. The normalized spacial score (nSPS) is 11.5.